The molecule has 0 radical (unpaired) electrons. The molecular formula is C8H7F3N2. The van der Waals surface area contributed by atoms with Crippen LogP contribution in [0.25, 0.3) is 0 Å². The molecule has 2 nitrogen and oxygen atoms in total. The minimum atomic E-state index is -2.69. The topological polar surface area (TPSA) is 16.1 Å². The van der Waals surface area contributed by atoms with Crippen LogP contribution in [-0.2, 0) is 0 Å². The molecule has 1 aliphatic rings. The maximum Gasteiger partial charge on any atom is 0.282 e. The molecule has 2 heterocycles. The summed E-state index contributed by atoms with van der Waals surface area (Å²) in [6, 6.07) is 2.63. The highest BCUT2D eigenvalue weighted by Crippen LogP contribution is 2.31. The number of hydrogen-bond acceptors (Lipinski definition) is 2. The summed E-state index contributed by atoms with van der Waals surface area (Å²) in [5.74, 6) is -3.24. The number of nitrogens with zero attached hydrogens (tertiary/aromatic N) is 2. The van der Waals surface area contributed by atoms with Crippen molar-refractivity contribution in [1.29, 1.82) is 0 Å². The van der Waals surface area contributed by atoms with Gasteiger partial charge in [0.2, 0.25) is 0 Å². The second-order valence-corrected chi connectivity index (χ2v) is 3.02. The molecule has 0 saturated carbocycles. The smallest absolute Gasteiger partial charge is 0.282 e. The van der Waals surface area contributed by atoms with Crippen LogP contribution in [0.1, 0.15) is 0 Å². The second-order valence-electron chi connectivity index (χ2n) is 3.02. The number of halogens is 3. The van der Waals surface area contributed by atoms with Crippen molar-refractivity contribution in [3.05, 3.63) is 24.1 Å². The zero-order valence-corrected chi connectivity index (χ0v) is 6.67. The molecule has 0 atom stereocenters. The number of anilines is 1. The molecule has 1 saturated heterocycles. The normalized spacial score (nSPS) is 19.8. The fraction of sp³-hybridized carbons (Fsp3) is 0.375. The van der Waals surface area contributed by atoms with E-state index in [-0.39, 0.29) is 5.82 Å². The predicted octanol–water partition coefficient (Wildman–Crippen LogP) is 1.68. The molecule has 1 aromatic heterocycles. The fourth-order valence-corrected chi connectivity index (χ4v) is 1.27. The van der Waals surface area contributed by atoms with Crippen LogP contribution in [0.5, 0.6) is 0 Å². The van der Waals surface area contributed by atoms with Gasteiger partial charge in [0.1, 0.15) is 0 Å². The Labute approximate surface area is 73.0 Å². The molecule has 2 rings (SSSR count). The third-order valence-electron chi connectivity index (χ3n) is 1.88. The summed E-state index contributed by atoms with van der Waals surface area (Å²) in [4.78, 5) is 4.90. The molecule has 0 spiro atoms. The van der Waals surface area contributed by atoms with Crippen LogP contribution in [0.4, 0.5) is 19.0 Å². The van der Waals surface area contributed by atoms with Gasteiger partial charge in [-0.1, -0.05) is 0 Å². The maximum atomic E-state index is 13.0. The van der Waals surface area contributed by atoms with E-state index in [0.29, 0.717) is 0 Å². The van der Waals surface area contributed by atoms with Crippen LogP contribution in [0.2, 0.25) is 0 Å². The van der Waals surface area contributed by atoms with Crippen LogP contribution < -0.4 is 4.90 Å². The first kappa shape index (κ1) is 8.34. The standard InChI is InChI=1S/C8H7F3N2/c9-6-2-1-3-12-7(6)13-4-8(10,11)5-13/h1-3H,4-5H2. The van der Waals surface area contributed by atoms with E-state index < -0.39 is 24.8 Å². The highest BCUT2D eigenvalue weighted by Gasteiger charge is 2.45. The third-order valence-corrected chi connectivity index (χ3v) is 1.88. The molecule has 0 aromatic carbocycles. The van der Waals surface area contributed by atoms with Gasteiger partial charge in [-0.05, 0) is 12.1 Å². The van der Waals surface area contributed by atoms with Crippen molar-refractivity contribution in [2.24, 2.45) is 0 Å². The van der Waals surface area contributed by atoms with Crippen molar-refractivity contribution in [3.63, 3.8) is 0 Å². The van der Waals surface area contributed by atoms with E-state index in [9.17, 15) is 13.2 Å². The van der Waals surface area contributed by atoms with Crippen molar-refractivity contribution >= 4 is 5.82 Å². The number of pyridine rings is 1. The van der Waals surface area contributed by atoms with Crippen LogP contribution in [0.3, 0.4) is 0 Å². The zero-order valence-electron chi connectivity index (χ0n) is 6.67. The maximum absolute atomic E-state index is 13.0. The quantitative estimate of drug-likeness (QED) is 0.666. The van der Waals surface area contributed by atoms with Crippen molar-refractivity contribution < 1.29 is 13.2 Å². The Morgan fingerprint density at radius 2 is 2.08 bits per heavy atom. The Morgan fingerprint density at radius 1 is 1.38 bits per heavy atom. The highest BCUT2D eigenvalue weighted by molar-refractivity contribution is 5.43. The van der Waals surface area contributed by atoms with E-state index >= 15 is 0 Å². The van der Waals surface area contributed by atoms with E-state index in [1.165, 1.54) is 23.2 Å². The lowest BCUT2D eigenvalue weighted by Crippen LogP contribution is -2.57. The van der Waals surface area contributed by atoms with Gasteiger partial charge in [-0.25, -0.2) is 18.2 Å². The van der Waals surface area contributed by atoms with Gasteiger partial charge in [0.15, 0.2) is 11.6 Å². The van der Waals surface area contributed by atoms with Crippen LogP contribution in [-0.4, -0.2) is 24.0 Å². The Kier molecular flexibility index (Phi) is 1.68. The molecule has 70 valence electrons. The Hall–Kier alpha value is -1.26. The lowest BCUT2D eigenvalue weighted by molar-refractivity contribution is -0.0270. The van der Waals surface area contributed by atoms with Gasteiger partial charge in [0, 0.05) is 6.20 Å². The van der Waals surface area contributed by atoms with Crippen molar-refractivity contribution in [3.8, 4) is 0 Å². The van der Waals surface area contributed by atoms with Crippen molar-refractivity contribution in [1.82, 2.24) is 4.98 Å². The second kappa shape index (κ2) is 2.61. The summed E-state index contributed by atoms with van der Waals surface area (Å²) in [7, 11) is 0. The number of rotatable bonds is 1. The minimum Gasteiger partial charge on any atom is -0.342 e. The molecule has 0 amide bonds. The molecule has 0 unspecified atom stereocenters. The average molecular weight is 188 g/mol. The van der Waals surface area contributed by atoms with Gasteiger partial charge in [0.25, 0.3) is 5.92 Å². The van der Waals surface area contributed by atoms with Gasteiger partial charge in [-0.2, -0.15) is 0 Å². The molecule has 1 fully saturated rings. The van der Waals surface area contributed by atoms with Crippen LogP contribution in [0.15, 0.2) is 18.3 Å². The SMILES string of the molecule is Fc1cccnc1N1CC(F)(F)C1. The van der Waals surface area contributed by atoms with Crippen LogP contribution in [0, 0.1) is 5.82 Å². The first-order valence-electron chi connectivity index (χ1n) is 3.82. The van der Waals surface area contributed by atoms with Gasteiger partial charge < -0.3 is 4.90 Å². The van der Waals surface area contributed by atoms with Gasteiger partial charge in [-0.3, -0.25) is 0 Å². The van der Waals surface area contributed by atoms with E-state index in [4.69, 9.17) is 0 Å². The van der Waals surface area contributed by atoms with E-state index in [0.717, 1.165) is 0 Å². The summed E-state index contributed by atoms with van der Waals surface area (Å²) in [5, 5.41) is 0. The first-order valence-corrected chi connectivity index (χ1v) is 3.82. The Morgan fingerprint density at radius 3 is 2.62 bits per heavy atom. The fourth-order valence-electron chi connectivity index (χ4n) is 1.27. The number of hydrogen-bond donors (Lipinski definition) is 0. The molecular weight excluding hydrogens is 181 g/mol. The minimum absolute atomic E-state index is 0.00780. The summed E-state index contributed by atoms with van der Waals surface area (Å²) in [6.45, 7) is -0.887. The lowest BCUT2D eigenvalue weighted by atomic mass is 10.1. The molecule has 1 aromatic rings. The first-order chi connectivity index (χ1) is 6.08. The highest BCUT2D eigenvalue weighted by atomic mass is 19.3. The zero-order chi connectivity index (χ0) is 9.47. The van der Waals surface area contributed by atoms with Crippen LogP contribution >= 0.6 is 0 Å². The van der Waals surface area contributed by atoms with Crippen molar-refractivity contribution in [2.45, 2.75) is 5.92 Å². The molecule has 0 aliphatic carbocycles. The number of aromatic nitrogens is 1. The molecule has 0 N–H and O–H groups in total. The molecule has 5 heteroatoms. The van der Waals surface area contributed by atoms with Gasteiger partial charge in [-0.15, -0.1) is 0 Å². The van der Waals surface area contributed by atoms with Gasteiger partial charge in [0.05, 0.1) is 13.1 Å². The monoisotopic (exact) mass is 188 g/mol. The van der Waals surface area contributed by atoms with Gasteiger partial charge >= 0.3 is 0 Å². The van der Waals surface area contributed by atoms with E-state index in [2.05, 4.69) is 4.98 Å². The van der Waals surface area contributed by atoms with E-state index in [1.807, 2.05) is 0 Å². The summed E-state index contributed by atoms with van der Waals surface area (Å²) >= 11 is 0. The summed E-state index contributed by atoms with van der Waals surface area (Å²) in [6.07, 6.45) is 1.38. The van der Waals surface area contributed by atoms with Crippen molar-refractivity contribution in [2.75, 3.05) is 18.0 Å². The average Bonchev–Trinajstić information content (AvgIpc) is 2.01. The molecule has 13 heavy (non-hydrogen) atoms. The molecule has 1 aliphatic heterocycles. The largest absolute Gasteiger partial charge is 0.342 e. The Balaban J connectivity index is 2.16. The van der Waals surface area contributed by atoms with E-state index in [1.54, 1.807) is 0 Å². The Bertz CT molecular complexity index is 319. The molecule has 0 bridgehead atoms. The lowest BCUT2D eigenvalue weighted by Gasteiger charge is -2.39. The summed E-state index contributed by atoms with van der Waals surface area (Å²) in [5.41, 5.74) is 0. The predicted molar refractivity (Wildman–Crippen MR) is 41.4 cm³/mol. The third kappa shape index (κ3) is 1.46. The summed E-state index contributed by atoms with van der Waals surface area (Å²) < 4.78 is 37.8. The number of alkyl halides is 2.